The average molecular weight is 326 g/mol. The van der Waals surface area contributed by atoms with E-state index in [2.05, 4.69) is 15.2 Å². The molecule has 1 aromatic heterocycles. The topological polar surface area (TPSA) is 57.7 Å². The Morgan fingerprint density at radius 1 is 1.12 bits per heavy atom. The third-order valence-corrected chi connectivity index (χ3v) is 3.95. The summed E-state index contributed by atoms with van der Waals surface area (Å²) in [6.45, 7) is 2.40. The number of rotatable bonds is 4. The van der Waals surface area contributed by atoms with E-state index in [1.807, 2.05) is 44.4 Å². The largest absolute Gasteiger partial charge is 0.378 e. The maximum atomic E-state index is 12.5. The van der Waals surface area contributed by atoms with Gasteiger partial charge in [0.25, 0.3) is 5.91 Å². The van der Waals surface area contributed by atoms with E-state index >= 15 is 0 Å². The lowest BCUT2D eigenvalue weighted by atomic mass is 10.2. The Hall–Kier alpha value is -2.60. The second-order valence-electron chi connectivity index (χ2n) is 5.90. The average Bonchev–Trinajstić information content (AvgIpc) is 2.62. The van der Waals surface area contributed by atoms with Gasteiger partial charge in [-0.25, -0.2) is 0 Å². The number of ether oxygens (including phenoxy) is 1. The van der Waals surface area contributed by atoms with Crippen LogP contribution in [0.15, 0.2) is 42.6 Å². The highest BCUT2D eigenvalue weighted by molar-refractivity contribution is 5.93. The molecule has 0 aliphatic carbocycles. The summed E-state index contributed by atoms with van der Waals surface area (Å²) in [4.78, 5) is 20.5. The molecule has 0 saturated carbocycles. The van der Waals surface area contributed by atoms with Gasteiger partial charge in [0.15, 0.2) is 0 Å². The second-order valence-corrected chi connectivity index (χ2v) is 5.90. The minimum Gasteiger partial charge on any atom is -0.378 e. The molecule has 1 saturated heterocycles. The molecule has 0 unspecified atom stereocenters. The predicted octanol–water partition coefficient (Wildman–Crippen LogP) is 2.36. The number of carbonyl (C=O) groups is 1. The molecule has 24 heavy (non-hydrogen) atoms. The van der Waals surface area contributed by atoms with E-state index in [1.54, 1.807) is 17.2 Å². The highest BCUT2D eigenvalue weighted by Gasteiger charge is 2.19. The predicted molar refractivity (Wildman–Crippen MR) is 95.0 cm³/mol. The minimum absolute atomic E-state index is 0.0510. The Kier molecular flexibility index (Phi) is 4.96. The number of amides is 1. The van der Waals surface area contributed by atoms with Gasteiger partial charge in [-0.3, -0.25) is 9.78 Å². The monoisotopic (exact) mass is 326 g/mol. The first kappa shape index (κ1) is 16.3. The molecule has 3 rings (SSSR count). The fourth-order valence-corrected chi connectivity index (χ4v) is 2.56. The molecule has 2 heterocycles. The van der Waals surface area contributed by atoms with Gasteiger partial charge < -0.3 is 19.9 Å². The second kappa shape index (κ2) is 7.31. The van der Waals surface area contributed by atoms with Crippen LogP contribution in [0.3, 0.4) is 0 Å². The molecule has 6 nitrogen and oxygen atoms in total. The Morgan fingerprint density at radius 2 is 1.83 bits per heavy atom. The molecule has 6 heteroatoms. The molecule has 1 aliphatic rings. The van der Waals surface area contributed by atoms with Crippen molar-refractivity contribution in [3.63, 3.8) is 0 Å². The van der Waals surface area contributed by atoms with Crippen LogP contribution in [0.25, 0.3) is 0 Å². The summed E-state index contributed by atoms with van der Waals surface area (Å²) >= 11 is 0. The summed E-state index contributed by atoms with van der Waals surface area (Å²) in [5.41, 5.74) is 3.40. The fraction of sp³-hybridized carbons (Fsp3) is 0.333. The quantitative estimate of drug-likeness (QED) is 0.935. The van der Waals surface area contributed by atoms with Gasteiger partial charge >= 0.3 is 0 Å². The summed E-state index contributed by atoms with van der Waals surface area (Å²) in [5.74, 6) is -0.0510. The molecular weight excluding hydrogens is 304 g/mol. The number of hydrogen-bond donors (Lipinski definition) is 1. The van der Waals surface area contributed by atoms with Crippen molar-refractivity contribution < 1.29 is 9.53 Å². The molecule has 0 bridgehead atoms. The molecule has 126 valence electrons. The van der Waals surface area contributed by atoms with Crippen molar-refractivity contribution >= 4 is 23.0 Å². The molecular formula is C18H22N4O2. The number of aromatic nitrogens is 1. The number of nitrogens with zero attached hydrogens (tertiary/aromatic N) is 3. The zero-order valence-electron chi connectivity index (χ0n) is 14.0. The van der Waals surface area contributed by atoms with Crippen LogP contribution in [-0.2, 0) is 4.74 Å². The third-order valence-electron chi connectivity index (χ3n) is 3.95. The van der Waals surface area contributed by atoms with E-state index in [0.717, 1.165) is 17.1 Å². The van der Waals surface area contributed by atoms with Crippen LogP contribution in [0, 0.1) is 0 Å². The van der Waals surface area contributed by atoms with Crippen molar-refractivity contribution in [2.75, 3.05) is 50.6 Å². The molecule has 2 aromatic rings. The number of hydrogen-bond acceptors (Lipinski definition) is 5. The maximum absolute atomic E-state index is 12.5. The number of pyridine rings is 1. The van der Waals surface area contributed by atoms with E-state index in [4.69, 9.17) is 4.74 Å². The van der Waals surface area contributed by atoms with Crippen LogP contribution in [0.4, 0.5) is 17.1 Å². The van der Waals surface area contributed by atoms with Gasteiger partial charge in [0, 0.05) is 50.4 Å². The van der Waals surface area contributed by atoms with Crippen LogP contribution in [0.2, 0.25) is 0 Å². The minimum atomic E-state index is -0.0510. The van der Waals surface area contributed by atoms with Gasteiger partial charge in [-0.1, -0.05) is 0 Å². The Balaban J connectivity index is 1.71. The van der Waals surface area contributed by atoms with Crippen LogP contribution in [0.5, 0.6) is 0 Å². The molecule has 1 aromatic carbocycles. The highest BCUT2D eigenvalue weighted by Crippen LogP contribution is 2.20. The Morgan fingerprint density at radius 3 is 2.50 bits per heavy atom. The number of benzene rings is 1. The van der Waals surface area contributed by atoms with Crippen LogP contribution < -0.4 is 10.2 Å². The molecule has 1 amide bonds. The van der Waals surface area contributed by atoms with Gasteiger partial charge in [-0.2, -0.15) is 0 Å². The van der Waals surface area contributed by atoms with Gasteiger partial charge in [-0.15, -0.1) is 0 Å². The van der Waals surface area contributed by atoms with Crippen LogP contribution in [-0.4, -0.2) is 56.2 Å². The first-order valence-corrected chi connectivity index (χ1v) is 8.01. The van der Waals surface area contributed by atoms with E-state index < -0.39 is 0 Å². The lowest BCUT2D eigenvalue weighted by Gasteiger charge is -2.26. The summed E-state index contributed by atoms with van der Waals surface area (Å²) in [6, 6.07) is 11.8. The Bertz CT molecular complexity index is 694. The summed E-state index contributed by atoms with van der Waals surface area (Å²) in [7, 11) is 4.02. The van der Waals surface area contributed by atoms with Gasteiger partial charge in [-0.05, 0) is 36.4 Å². The molecule has 1 N–H and O–H groups in total. The third kappa shape index (κ3) is 3.83. The molecule has 0 spiro atoms. The smallest absolute Gasteiger partial charge is 0.272 e. The lowest BCUT2D eigenvalue weighted by Crippen LogP contribution is -2.41. The first-order chi connectivity index (χ1) is 11.6. The number of carbonyl (C=O) groups excluding carboxylic acids is 1. The molecule has 0 atom stereocenters. The van der Waals surface area contributed by atoms with Crippen molar-refractivity contribution in [3.05, 3.63) is 48.3 Å². The van der Waals surface area contributed by atoms with Gasteiger partial charge in [0.2, 0.25) is 0 Å². The van der Waals surface area contributed by atoms with Crippen molar-refractivity contribution in [2.45, 2.75) is 0 Å². The lowest BCUT2D eigenvalue weighted by molar-refractivity contribution is 0.0299. The highest BCUT2D eigenvalue weighted by atomic mass is 16.5. The van der Waals surface area contributed by atoms with Gasteiger partial charge in [0.1, 0.15) is 5.69 Å². The summed E-state index contributed by atoms with van der Waals surface area (Å²) in [6.07, 6.45) is 1.66. The summed E-state index contributed by atoms with van der Waals surface area (Å²) < 4.78 is 5.28. The maximum Gasteiger partial charge on any atom is 0.272 e. The van der Waals surface area contributed by atoms with Crippen molar-refractivity contribution in [1.82, 2.24) is 9.88 Å². The number of nitrogens with one attached hydrogen (secondary N) is 1. The van der Waals surface area contributed by atoms with E-state index in [0.29, 0.717) is 32.0 Å². The van der Waals surface area contributed by atoms with E-state index in [9.17, 15) is 4.79 Å². The molecule has 1 fully saturated rings. The van der Waals surface area contributed by atoms with E-state index in [1.165, 1.54) is 0 Å². The fourth-order valence-electron chi connectivity index (χ4n) is 2.56. The van der Waals surface area contributed by atoms with Gasteiger partial charge in [0.05, 0.1) is 13.2 Å². The molecule has 1 aliphatic heterocycles. The van der Waals surface area contributed by atoms with Crippen LogP contribution >= 0.6 is 0 Å². The normalized spacial score (nSPS) is 14.3. The Labute approximate surface area is 142 Å². The van der Waals surface area contributed by atoms with Crippen LogP contribution in [0.1, 0.15) is 10.5 Å². The van der Waals surface area contributed by atoms with E-state index in [-0.39, 0.29) is 5.91 Å². The van der Waals surface area contributed by atoms with Crippen molar-refractivity contribution in [3.8, 4) is 0 Å². The van der Waals surface area contributed by atoms with Crippen molar-refractivity contribution in [2.24, 2.45) is 0 Å². The van der Waals surface area contributed by atoms with Crippen molar-refractivity contribution in [1.29, 1.82) is 0 Å². The molecule has 0 radical (unpaired) electrons. The standard InChI is InChI=1S/C18H22N4O2/c1-21(2)16-5-3-14(4-6-16)20-15-7-8-19-17(13-15)18(23)22-9-11-24-12-10-22/h3-8,13H,9-12H2,1-2H3,(H,19,20). The SMILES string of the molecule is CN(C)c1ccc(Nc2ccnc(C(=O)N3CCOCC3)c2)cc1. The number of morpholine rings is 1. The zero-order valence-corrected chi connectivity index (χ0v) is 14.0. The number of anilines is 3. The summed E-state index contributed by atoms with van der Waals surface area (Å²) in [5, 5.41) is 3.31. The first-order valence-electron chi connectivity index (χ1n) is 8.01. The zero-order chi connectivity index (χ0) is 16.9.